The Hall–Kier alpha value is -5.86. The van der Waals surface area contributed by atoms with Crippen LogP contribution in [-0.2, 0) is 45.1 Å². The van der Waals surface area contributed by atoms with E-state index in [2.05, 4.69) is 31.2 Å². The number of alkyl carbamates (subject to hydrolysis) is 2. The lowest BCUT2D eigenvalue weighted by Gasteiger charge is -2.35. The molecule has 0 saturated carbocycles. The van der Waals surface area contributed by atoms with E-state index in [0.29, 0.717) is 11.4 Å². The van der Waals surface area contributed by atoms with Crippen molar-refractivity contribution in [1.29, 1.82) is 0 Å². The molecule has 0 spiro atoms. The fourth-order valence-corrected chi connectivity index (χ4v) is 5.92. The Morgan fingerprint density at radius 2 is 0.893 bits per heavy atom. The Bertz CT molecular complexity index is 1670. The van der Waals surface area contributed by atoms with E-state index in [1.807, 2.05) is 60.7 Å². The largest absolute Gasteiger partial charge is 0.443 e. The van der Waals surface area contributed by atoms with Gasteiger partial charge in [0.1, 0.15) is 37.5 Å². The minimum Gasteiger partial charge on any atom is -0.443 e. The SMILES string of the molecule is CC(C)C(NC(=O)OCc1ccccn1)C(=O)N[C@@H](Cc1ccccc1)C(O)[C@H](O)[C@H](Cc1ccccc1)NC(=O)C(NC(=O)OCc1ccccn1)C(C)C. The van der Waals surface area contributed by atoms with E-state index in [-0.39, 0.29) is 26.1 Å². The molecule has 14 heteroatoms. The second-order valence-corrected chi connectivity index (χ2v) is 14.1. The zero-order valence-electron chi connectivity index (χ0n) is 32.1. The van der Waals surface area contributed by atoms with Crippen molar-refractivity contribution in [2.24, 2.45) is 11.8 Å². The van der Waals surface area contributed by atoms with Gasteiger partial charge in [0, 0.05) is 12.4 Å². The fraction of sp³-hybridized carbons (Fsp3) is 0.381. The number of aliphatic hydroxyl groups is 2. The molecule has 2 aromatic carbocycles. The summed E-state index contributed by atoms with van der Waals surface area (Å²) >= 11 is 0. The molecule has 0 fully saturated rings. The highest BCUT2D eigenvalue weighted by Crippen LogP contribution is 2.17. The maximum Gasteiger partial charge on any atom is 0.408 e. The minimum absolute atomic E-state index is 0.101. The van der Waals surface area contributed by atoms with Crippen LogP contribution in [0.5, 0.6) is 0 Å². The van der Waals surface area contributed by atoms with Gasteiger partial charge in [-0.1, -0.05) is 100 Å². The number of ether oxygens (including phenoxy) is 2. The van der Waals surface area contributed by atoms with Gasteiger partial charge in [0.05, 0.1) is 23.5 Å². The summed E-state index contributed by atoms with van der Waals surface area (Å²) < 4.78 is 10.6. The average Bonchev–Trinajstić information content (AvgIpc) is 3.20. The van der Waals surface area contributed by atoms with Gasteiger partial charge in [-0.3, -0.25) is 19.6 Å². The number of nitrogens with zero attached hydrogens (tertiary/aromatic N) is 2. The van der Waals surface area contributed by atoms with Gasteiger partial charge in [0.2, 0.25) is 11.8 Å². The first-order valence-electron chi connectivity index (χ1n) is 18.6. The molecule has 2 heterocycles. The summed E-state index contributed by atoms with van der Waals surface area (Å²) in [6, 6.07) is 24.3. The Balaban J connectivity index is 1.53. The van der Waals surface area contributed by atoms with Crippen molar-refractivity contribution in [3.63, 3.8) is 0 Å². The molecule has 3 unspecified atom stereocenters. The van der Waals surface area contributed by atoms with Crippen LogP contribution in [0.15, 0.2) is 109 Å². The van der Waals surface area contributed by atoms with Crippen LogP contribution in [0.4, 0.5) is 9.59 Å². The third-order valence-corrected chi connectivity index (χ3v) is 9.03. The van der Waals surface area contributed by atoms with Gasteiger partial charge in [-0.25, -0.2) is 9.59 Å². The number of carbonyl (C=O) groups is 4. The molecule has 6 atom stereocenters. The molecule has 2 aromatic heterocycles. The monoisotopic (exact) mass is 768 g/mol. The highest BCUT2D eigenvalue weighted by atomic mass is 16.6. The van der Waals surface area contributed by atoms with Crippen molar-refractivity contribution in [1.82, 2.24) is 31.2 Å². The van der Waals surface area contributed by atoms with Crippen molar-refractivity contribution >= 4 is 24.0 Å². The molecule has 0 aliphatic rings. The van der Waals surface area contributed by atoms with Crippen molar-refractivity contribution in [2.75, 3.05) is 0 Å². The first-order valence-corrected chi connectivity index (χ1v) is 18.6. The fourth-order valence-electron chi connectivity index (χ4n) is 5.92. The minimum atomic E-state index is -1.62. The lowest BCUT2D eigenvalue weighted by atomic mass is 9.90. The van der Waals surface area contributed by atoms with Gasteiger partial charge in [-0.2, -0.15) is 0 Å². The molecule has 4 aromatic rings. The topological polar surface area (TPSA) is 201 Å². The van der Waals surface area contributed by atoms with E-state index in [4.69, 9.17) is 9.47 Å². The number of amides is 4. The number of pyridine rings is 2. The number of rotatable bonds is 19. The summed E-state index contributed by atoms with van der Waals surface area (Å²) in [6.45, 7) is 6.79. The second-order valence-electron chi connectivity index (χ2n) is 14.1. The Labute approximate surface area is 327 Å². The van der Waals surface area contributed by atoms with Crippen LogP contribution in [0.25, 0.3) is 0 Å². The van der Waals surface area contributed by atoms with Crippen LogP contribution in [0.1, 0.15) is 50.2 Å². The molecule has 6 N–H and O–H groups in total. The Kier molecular flexibility index (Phi) is 16.8. The molecular formula is C42H52N6O8. The normalized spacial score (nSPS) is 14.4. The van der Waals surface area contributed by atoms with Crippen LogP contribution in [0.2, 0.25) is 0 Å². The highest BCUT2D eigenvalue weighted by Gasteiger charge is 2.37. The standard InChI is InChI=1S/C42H52N6O8/c1-27(2)35(47-41(53)55-25-31-19-11-13-21-43-31)39(51)45-33(23-29-15-7-5-8-16-29)37(49)38(50)34(24-30-17-9-6-10-18-30)46-40(52)36(28(3)4)48-42(54)56-26-32-20-12-14-22-44-32/h5-22,27-28,33-38,49-50H,23-26H2,1-4H3,(H,45,51)(H,46,52)(H,47,53)(H,48,54)/t33-,34-,35?,36?,37+,38?/m0/s1. The number of aromatic nitrogens is 2. The van der Waals surface area contributed by atoms with Gasteiger partial charge in [0.25, 0.3) is 0 Å². The van der Waals surface area contributed by atoms with E-state index >= 15 is 0 Å². The van der Waals surface area contributed by atoms with Gasteiger partial charge in [0.15, 0.2) is 0 Å². The van der Waals surface area contributed by atoms with Crippen molar-refractivity contribution in [3.8, 4) is 0 Å². The zero-order valence-corrected chi connectivity index (χ0v) is 32.1. The van der Waals surface area contributed by atoms with Gasteiger partial charge < -0.3 is 41.0 Å². The molecule has 14 nitrogen and oxygen atoms in total. The van der Waals surface area contributed by atoms with Crippen LogP contribution >= 0.6 is 0 Å². The highest BCUT2D eigenvalue weighted by molar-refractivity contribution is 5.87. The van der Waals surface area contributed by atoms with E-state index in [0.717, 1.165) is 11.1 Å². The predicted molar refractivity (Wildman–Crippen MR) is 209 cm³/mol. The van der Waals surface area contributed by atoms with Crippen molar-refractivity contribution < 1.29 is 38.9 Å². The average molecular weight is 769 g/mol. The van der Waals surface area contributed by atoms with Gasteiger partial charge in [-0.15, -0.1) is 0 Å². The zero-order chi connectivity index (χ0) is 40.5. The number of hydrogen-bond donors (Lipinski definition) is 6. The molecule has 0 aliphatic carbocycles. The van der Waals surface area contributed by atoms with E-state index < -0.39 is 72.2 Å². The lowest BCUT2D eigenvalue weighted by molar-refractivity contribution is -0.129. The van der Waals surface area contributed by atoms with Gasteiger partial charge >= 0.3 is 12.2 Å². The molecule has 4 rings (SSSR count). The second kappa shape index (κ2) is 21.9. The van der Waals surface area contributed by atoms with Crippen LogP contribution < -0.4 is 21.3 Å². The predicted octanol–water partition coefficient (Wildman–Crippen LogP) is 3.86. The first kappa shape index (κ1) is 42.9. The smallest absolute Gasteiger partial charge is 0.408 e. The third-order valence-electron chi connectivity index (χ3n) is 9.03. The number of hydrogen-bond acceptors (Lipinski definition) is 10. The Morgan fingerprint density at radius 3 is 1.21 bits per heavy atom. The lowest BCUT2D eigenvalue weighted by Crippen LogP contribution is -2.61. The summed E-state index contributed by atoms with van der Waals surface area (Å²) in [5.41, 5.74) is 2.57. The maximum atomic E-state index is 13.9. The number of benzene rings is 2. The van der Waals surface area contributed by atoms with E-state index in [1.54, 1.807) is 76.5 Å². The maximum absolute atomic E-state index is 13.9. The summed E-state index contributed by atoms with van der Waals surface area (Å²) in [5.74, 6) is -2.01. The summed E-state index contributed by atoms with van der Waals surface area (Å²) in [4.78, 5) is 61.6. The third kappa shape index (κ3) is 13.8. The molecule has 298 valence electrons. The van der Waals surface area contributed by atoms with Crippen molar-refractivity contribution in [2.45, 2.75) is 90.1 Å². The Morgan fingerprint density at radius 1 is 0.536 bits per heavy atom. The van der Waals surface area contributed by atoms with Crippen LogP contribution in [0.3, 0.4) is 0 Å². The molecule has 4 amide bonds. The number of carbonyl (C=O) groups excluding carboxylic acids is 4. The molecule has 0 aliphatic heterocycles. The quantitative estimate of drug-likeness (QED) is 0.0814. The van der Waals surface area contributed by atoms with E-state index in [1.165, 1.54) is 0 Å². The molecule has 0 bridgehead atoms. The van der Waals surface area contributed by atoms with Crippen LogP contribution in [-0.4, -0.2) is 80.6 Å². The van der Waals surface area contributed by atoms with Gasteiger partial charge in [-0.05, 0) is 60.1 Å². The summed E-state index contributed by atoms with van der Waals surface area (Å²) in [5, 5.41) is 34.7. The first-order chi connectivity index (χ1) is 26.9. The van der Waals surface area contributed by atoms with Crippen molar-refractivity contribution in [3.05, 3.63) is 132 Å². The summed E-state index contributed by atoms with van der Waals surface area (Å²) in [7, 11) is 0. The molecule has 56 heavy (non-hydrogen) atoms. The van der Waals surface area contributed by atoms with E-state index in [9.17, 15) is 29.4 Å². The number of nitrogens with one attached hydrogen (secondary N) is 4. The molecule has 0 saturated heterocycles. The molecular weight excluding hydrogens is 716 g/mol. The summed E-state index contributed by atoms with van der Waals surface area (Å²) in [6.07, 6.45) is -1.55. The van der Waals surface area contributed by atoms with Crippen LogP contribution in [0, 0.1) is 11.8 Å². The molecule has 0 radical (unpaired) electrons. The number of aliphatic hydroxyl groups excluding tert-OH is 2.